The van der Waals surface area contributed by atoms with Gasteiger partial charge in [0.25, 0.3) is 0 Å². The van der Waals surface area contributed by atoms with Gasteiger partial charge in [-0.1, -0.05) is 26.7 Å². The van der Waals surface area contributed by atoms with Crippen molar-refractivity contribution in [2.75, 3.05) is 46.3 Å². The number of amides is 2. The fraction of sp³-hybridized carbons (Fsp3) is 0.733. The van der Waals surface area contributed by atoms with E-state index in [0.29, 0.717) is 26.2 Å². The van der Waals surface area contributed by atoms with E-state index in [4.69, 9.17) is 6.42 Å². The molecular weight excluding hydrogens is 254 g/mol. The number of hydrogen-bond acceptors (Lipinski definition) is 3. The molecule has 1 rings (SSSR count). The Morgan fingerprint density at radius 3 is 2.20 bits per heavy atom. The molecule has 1 saturated heterocycles. The van der Waals surface area contributed by atoms with E-state index in [2.05, 4.69) is 10.8 Å². The normalized spacial score (nSPS) is 16.6. The van der Waals surface area contributed by atoms with Crippen LogP contribution in [0.5, 0.6) is 0 Å². The van der Waals surface area contributed by atoms with E-state index >= 15 is 0 Å². The molecule has 0 N–H and O–H groups in total. The molecule has 112 valence electrons. The zero-order valence-electron chi connectivity index (χ0n) is 13.0. The molecule has 1 fully saturated rings. The lowest BCUT2D eigenvalue weighted by molar-refractivity contribution is -0.141. The lowest BCUT2D eigenvalue weighted by Crippen LogP contribution is -2.53. The van der Waals surface area contributed by atoms with Crippen molar-refractivity contribution < 1.29 is 9.59 Å². The lowest BCUT2D eigenvalue weighted by Gasteiger charge is -2.37. The van der Waals surface area contributed by atoms with E-state index in [0.717, 1.165) is 13.1 Å². The number of piperazine rings is 1. The van der Waals surface area contributed by atoms with Gasteiger partial charge in [0.05, 0.1) is 13.1 Å². The van der Waals surface area contributed by atoms with Gasteiger partial charge in [-0.15, -0.1) is 6.42 Å². The van der Waals surface area contributed by atoms with E-state index in [1.807, 2.05) is 25.7 Å². The first-order valence-electron chi connectivity index (χ1n) is 6.95. The second-order valence-corrected chi connectivity index (χ2v) is 6.27. The minimum absolute atomic E-state index is 0.0264. The highest BCUT2D eigenvalue weighted by Crippen LogP contribution is 2.18. The minimum Gasteiger partial charge on any atom is -0.340 e. The number of rotatable bonds is 3. The Morgan fingerprint density at radius 2 is 1.75 bits per heavy atom. The predicted octanol–water partition coefficient (Wildman–Crippen LogP) is 0.268. The zero-order valence-corrected chi connectivity index (χ0v) is 13.0. The number of carbonyl (C=O) groups is 2. The van der Waals surface area contributed by atoms with Crippen LogP contribution in [0.1, 0.15) is 20.8 Å². The number of nitrogens with zero attached hydrogens (tertiary/aromatic N) is 3. The number of carbonyl (C=O) groups excluding carboxylic acids is 2. The van der Waals surface area contributed by atoms with Gasteiger partial charge in [-0.2, -0.15) is 0 Å². The molecule has 5 nitrogen and oxygen atoms in total. The van der Waals surface area contributed by atoms with Crippen LogP contribution in [-0.2, 0) is 9.59 Å². The van der Waals surface area contributed by atoms with Crippen LogP contribution in [0.3, 0.4) is 0 Å². The summed E-state index contributed by atoms with van der Waals surface area (Å²) in [6, 6.07) is 0. The van der Waals surface area contributed by atoms with Gasteiger partial charge in [0.1, 0.15) is 0 Å². The standard InChI is InChI=1S/C15H25N3O2/c1-6-7-16(5)13(19)12-17-8-10-18(11-9-17)14(20)15(2,3)4/h1H,7-12H2,2-5H3. The highest BCUT2D eigenvalue weighted by atomic mass is 16.2. The van der Waals surface area contributed by atoms with Crippen LogP contribution < -0.4 is 0 Å². The first-order valence-corrected chi connectivity index (χ1v) is 6.95. The van der Waals surface area contributed by atoms with E-state index in [9.17, 15) is 9.59 Å². The Balaban J connectivity index is 2.42. The van der Waals surface area contributed by atoms with E-state index in [1.54, 1.807) is 11.9 Å². The maximum Gasteiger partial charge on any atom is 0.237 e. The molecule has 0 saturated carbocycles. The number of hydrogen-bond donors (Lipinski definition) is 0. The molecule has 2 amide bonds. The Bertz CT molecular complexity index is 398. The van der Waals surface area contributed by atoms with Crippen molar-refractivity contribution in [2.45, 2.75) is 20.8 Å². The summed E-state index contributed by atoms with van der Waals surface area (Å²) in [6.45, 7) is 9.33. The quantitative estimate of drug-likeness (QED) is 0.697. The van der Waals surface area contributed by atoms with E-state index in [-0.39, 0.29) is 17.2 Å². The molecular formula is C15H25N3O2. The summed E-state index contributed by atoms with van der Waals surface area (Å²) >= 11 is 0. The molecule has 1 heterocycles. The van der Waals surface area contributed by atoms with Crippen molar-refractivity contribution in [2.24, 2.45) is 5.41 Å². The molecule has 1 aliphatic heterocycles. The fourth-order valence-electron chi connectivity index (χ4n) is 2.12. The first-order chi connectivity index (χ1) is 9.25. The average Bonchev–Trinajstić information content (AvgIpc) is 2.38. The van der Waals surface area contributed by atoms with Crippen molar-refractivity contribution in [1.82, 2.24) is 14.7 Å². The van der Waals surface area contributed by atoms with Gasteiger partial charge in [-0.05, 0) is 0 Å². The second-order valence-electron chi connectivity index (χ2n) is 6.27. The summed E-state index contributed by atoms with van der Waals surface area (Å²) in [7, 11) is 1.71. The lowest BCUT2D eigenvalue weighted by atomic mass is 9.94. The summed E-state index contributed by atoms with van der Waals surface area (Å²) in [6.07, 6.45) is 5.19. The molecule has 0 spiro atoms. The molecule has 0 aromatic carbocycles. The summed E-state index contributed by atoms with van der Waals surface area (Å²) in [5.74, 6) is 2.66. The third kappa shape index (κ3) is 4.53. The van der Waals surface area contributed by atoms with Gasteiger partial charge in [0.2, 0.25) is 11.8 Å². The van der Waals surface area contributed by atoms with Gasteiger partial charge in [-0.25, -0.2) is 0 Å². The van der Waals surface area contributed by atoms with Gasteiger partial charge in [0.15, 0.2) is 0 Å². The van der Waals surface area contributed by atoms with Crippen LogP contribution in [0.25, 0.3) is 0 Å². The second kappa shape index (κ2) is 6.76. The molecule has 0 aromatic rings. The molecule has 0 atom stereocenters. The number of terminal acetylenes is 1. The zero-order chi connectivity index (χ0) is 15.3. The van der Waals surface area contributed by atoms with Crippen LogP contribution in [-0.4, -0.2) is 72.8 Å². The molecule has 0 aromatic heterocycles. The summed E-state index contributed by atoms with van der Waals surface area (Å²) in [5, 5.41) is 0. The Hall–Kier alpha value is -1.54. The molecule has 1 aliphatic rings. The fourth-order valence-corrected chi connectivity index (χ4v) is 2.12. The van der Waals surface area contributed by atoms with Crippen LogP contribution in [0.2, 0.25) is 0 Å². The van der Waals surface area contributed by atoms with Gasteiger partial charge < -0.3 is 9.80 Å². The maximum atomic E-state index is 12.2. The Kier molecular flexibility index (Phi) is 5.58. The molecule has 0 bridgehead atoms. The largest absolute Gasteiger partial charge is 0.340 e. The third-order valence-corrected chi connectivity index (χ3v) is 3.41. The van der Waals surface area contributed by atoms with Crippen LogP contribution in [0.4, 0.5) is 0 Å². The van der Waals surface area contributed by atoms with Crippen LogP contribution >= 0.6 is 0 Å². The average molecular weight is 279 g/mol. The topological polar surface area (TPSA) is 43.9 Å². The highest BCUT2D eigenvalue weighted by Gasteiger charge is 2.30. The molecule has 0 aliphatic carbocycles. The van der Waals surface area contributed by atoms with Crippen molar-refractivity contribution >= 4 is 11.8 Å². The Labute approximate surface area is 121 Å². The van der Waals surface area contributed by atoms with E-state index < -0.39 is 0 Å². The maximum absolute atomic E-state index is 12.2. The SMILES string of the molecule is C#CCN(C)C(=O)CN1CCN(C(=O)C(C)(C)C)CC1. The van der Waals surface area contributed by atoms with Crippen molar-refractivity contribution in [1.29, 1.82) is 0 Å². The van der Waals surface area contributed by atoms with Crippen LogP contribution in [0.15, 0.2) is 0 Å². The smallest absolute Gasteiger partial charge is 0.237 e. The van der Waals surface area contributed by atoms with Gasteiger partial charge >= 0.3 is 0 Å². The summed E-state index contributed by atoms with van der Waals surface area (Å²) in [5.41, 5.74) is -0.342. The predicted molar refractivity (Wildman–Crippen MR) is 78.9 cm³/mol. The molecule has 0 unspecified atom stereocenters. The monoisotopic (exact) mass is 279 g/mol. The minimum atomic E-state index is -0.342. The Morgan fingerprint density at radius 1 is 1.20 bits per heavy atom. The van der Waals surface area contributed by atoms with Crippen molar-refractivity contribution in [3.8, 4) is 12.3 Å². The highest BCUT2D eigenvalue weighted by molar-refractivity contribution is 5.81. The number of likely N-dealkylation sites (N-methyl/N-ethyl adjacent to an activating group) is 1. The van der Waals surface area contributed by atoms with Gasteiger partial charge in [-0.3, -0.25) is 14.5 Å². The summed E-state index contributed by atoms with van der Waals surface area (Å²) in [4.78, 5) is 29.5. The summed E-state index contributed by atoms with van der Waals surface area (Å²) < 4.78 is 0. The molecule has 20 heavy (non-hydrogen) atoms. The van der Waals surface area contributed by atoms with Crippen molar-refractivity contribution in [3.05, 3.63) is 0 Å². The molecule has 0 radical (unpaired) electrons. The first kappa shape index (κ1) is 16.5. The third-order valence-electron chi connectivity index (χ3n) is 3.41. The molecule has 5 heteroatoms. The van der Waals surface area contributed by atoms with Crippen LogP contribution in [0, 0.1) is 17.8 Å². The van der Waals surface area contributed by atoms with E-state index in [1.165, 1.54) is 0 Å². The van der Waals surface area contributed by atoms with Gasteiger partial charge in [0, 0.05) is 38.6 Å². The van der Waals surface area contributed by atoms with Crippen molar-refractivity contribution in [3.63, 3.8) is 0 Å².